The van der Waals surface area contributed by atoms with Crippen LogP contribution >= 0.6 is 11.6 Å². The molecule has 1 aliphatic rings. The van der Waals surface area contributed by atoms with Crippen LogP contribution in [0.4, 0.5) is 0 Å². The minimum atomic E-state index is 0.0246. The first-order valence-electron chi connectivity index (χ1n) is 8.51. The molecule has 24 heavy (non-hydrogen) atoms. The second kappa shape index (κ2) is 8.66. The number of allylic oxidation sites excluding steroid dienone is 2. The Labute approximate surface area is 151 Å². The molecule has 1 aliphatic heterocycles. The molecule has 1 aromatic rings. The Kier molecular flexibility index (Phi) is 6.85. The Balaban J connectivity index is 2.28. The van der Waals surface area contributed by atoms with Crippen molar-refractivity contribution in [2.24, 2.45) is 0 Å². The van der Waals surface area contributed by atoms with Gasteiger partial charge in [-0.1, -0.05) is 69.0 Å². The lowest BCUT2D eigenvalue weighted by Gasteiger charge is -2.40. The van der Waals surface area contributed by atoms with Gasteiger partial charge in [-0.25, -0.2) is 0 Å². The Morgan fingerprint density at radius 2 is 1.88 bits per heavy atom. The van der Waals surface area contributed by atoms with E-state index in [4.69, 9.17) is 16.3 Å². The van der Waals surface area contributed by atoms with Gasteiger partial charge in [0.25, 0.3) is 0 Å². The quantitative estimate of drug-likeness (QED) is 0.644. The van der Waals surface area contributed by atoms with E-state index in [1.54, 1.807) is 0 Å². The molecule has 3 heteroatoms. The molecule has 0 radical (unpaired) electrons. The van der Waals surface area contributed by atoms with E-state index in [2.05, 4.69) is 50.1 Å². The van der Waals surface area contributed by atoms with Crippen molar-refractivity contribution in [1.29, 1.82) is 0 Å². The summed E-state index contributed by atoms with van der Waals surface area (Å²) in [7, 11) is 0. The predicted molar refractivity (Wildman–Crippen MR) is 104 cm³/mol. The van der Waals surface area contributed by atoms with Gasteiger partial charge in [-0.05, 0) is 35.1 Å². The normalized spacial score (nSPS) is 18.2. The zero-order chi connectivity index (χ0) is 17.6. The number of nitrogens with zero attached hydrogens (tertiary/aromatic N) is 1. The Hall–Kier alpha value is -1.35. The maximum Gasteiger partial charge on any atom is 0.0594 e. The molecule has 0 bridgehead atoms. The van der Waals surface area contributed by atoms with Crippen molar-refractivity contribution < 1.29 is 4.74 Å². The van der Waals surface area contributed by atoms with Crippen molar-refractivity contribution in [2.75, 3.05) is 26.3 Å². The van der Waals surface area contributed by atoms with E-state index in [1.165, 1.54) is 11.1 Å². The first-order valence-corrected chi connectivity index (χ1v) is 8.88. The van der Waals surface area contributed by atoms with Gasteiger partial charge in [0.15, 0.2) is 0 Å². The fourth-order valence-corrected chi connectivity index (χ4v) is 3.43. The fourth-order valence-electron chi connectivity index (χ4n) is 3.30. The zero-order valence-electron chi connectivity index (χ0n) is 14.8. The molecule has 0 amide bonds. The van der Waals surface area contributed by atoms with E-state index in [0.717, 1.165) is 37.7 Å². The average molecular weight is 346 g/mol. The number of rotatable bonds is 7. The predicted octanol–water partition coefficient (Wildman–Crippen LogP) is 5.01. The largest absolute Gasteiger partial charge is 0.379 e. The number of ether oxygens (including phenoxy) is 1. The van der Waals surface area contributed by atoms with Crippen LogP contribution in [0.15, 0.2) is 61.2 Å². The van der Waals surface area contributed by atoms with Gasteiger partial charge in [-0.2, -0.15) is 0 Å². The molecule has 0 aliphatic carbocycles. The van der Waals surface area contributed by atoms with Crippen LogP contribution in [-0.2, 0) is 10.2 Å². The van der Waals surface area contributed by atoms with Crippen molar-refractivity contribution in [3.05, 3.63) is 71.8 Å². The highest BCUT2D eigenvalue weighted by molar-refractivity contribution is 6.30. The van der Waals surface area contributed by atoms with E-state index >= 15 is 0 Å². The molecule has 0 saturated carbocycles. The van der Waals surface area contributed by atoms with Crippen LogP contribution in [0.1, 0.15) is 25.8 Å². The SMILES string of the molecule is C=C/C=C(\C=C)C(CC(C)(C)c1ccc(Cl)cc1)N1CCOCC1. The molecule has 1 saturated heterocycles. The van der Waals surface area contributed by atoms with Gasteiger partial charge >= 0.3 is 0 Å². The molecule has 0 N–H and O–H groups in total. The minimum Gasteiger partial charge on any atom is -0.379 e. The van der Waals surface area contributed by atoms with Gasteiger partial charge < -0.3 is 4.74 Å². The van der Waals surface area contributed by atoms with Gasteiger partial charge in [0, 0.05) is 24.2 Å². The summed E-state index contributed by atoms with van der Waals surface area (Å²) in [5.41, 5.74) is 2.54. The second-order valence-corrected chi connectivity index (χ2v) is 7.30. The van der Waals surface area contributed by atoms with Crippen molar-refractivity contribution in [3.63, 3.8) is 0 Å². The Morgan fingerprint density at radius 3 is 2.42 bits per heavy atom. The molecule has 0 spiro atoms. The van der Waals surface area contributed by atoms with Gasteiger partial charge in [0.1, 0.15) is 0 Å². The molecule has 1 heterocycles. The van der Waals surface area contributed by atoms with Crippen LogP contribution in [0, 0.1) is 0 Å². The van der Waals surface area contributed by atoms with Gasteiger partial charge in [-0.3, -0.25) is 4.90 Å². The molecule has 0 aromatic heterocycles. The van der Waals surface area contributed by atoms with E-state index in [1.807, 2.05) is 24.3 Å². The topological polar surface area (TPSA) is 12.5 Å². The summed E-state index contributed by atoms with van der Waals surface area (Å²) in [6.07, 6.45) is 6.88. The number of morpholine rings is 1. The molecule has 1 atom stereocenters. The lowest BCUT2D eigenvalue weighted by molar-refractivity contribution is 0.0192. The first kappa shape index (κ1) is 19.0. The third kappa shape index (κ3) is 4.83. The van der Waals surface area contributed by atoms with Gasteiger partial charge in [0.05, 0.1) is 13.2 Å². The molecule has 1 aromatic carbocycles. The van der Waals surface area contributed by atoms with Crippen molar-refractivity contribution in [3.8, 4) is 0 Å². The van der Waals surface area contributed by atoms with Crippen LogP contribution in [0.2, 0.25) is 5.02 Å². The number of hydrogen-bond donors (Lipinski definition) is 0. The minimum absolute atomic E-state index is 0.0246. The van der Waals surface area contributed by atoms with E-state index in [-0.39, 0.29) is 5.41 Å². The monoisotopic (exact) mass is 345 g/mol. The maximum absolute atomic E-state index is 6.05. The lowest BCUT2D eigenvalue weighted by atomic mass is 9.77. The van der Waals surface area contributed by atoms with Crippen LogP contribution in [0.25, 0.3) is 0 Å². The average Bonchev–Trinajstić information content (AvgIpc) is 2.59. The number of hydrogen-bond acceptors (Lipinski definition) is 2. The van der Waals surface area contributed by atoms with E-state index in [9.17, 15) is 0 Å². The standard InChI is InChI=1S/C21H28ClNO/c1-5-7-17(6-2)20(23-12-14-24-15-13-23)16-21(3,4)18-8-10-19(22)11-9-18/h5-11,20H,1-2,12-16H2,3-4H3/b17-7+. The summed E-state index contributed by atoms with van der Waals surface area (Å²) < 4.78 is 5.53. The van der Waals surface area contributed by atoms with Crippen molar-refractivity contribution >= 4 is 11.6 Å². The van der Waals surface area contributed by atoms with Crippen molar-refractivity contribution in [1.82, 2.24) is 4.90 Å². The summed E-state index contributed by atoms with van der Waals surface area (Å²) in [4.78, 5) is 2.50. The lowest BCUT2D eigenvalue weighted by Crippen LogP contribution is -2.46. The Bertz CT molecular complexity index is 582. The second-order valence-electron chi connectivity index (χ2n) is 6.87. The number of benzene rings is 1. The van der Waals surface area contributed by atoms with E-state index < -0.39 is 0 Å². The van der Waals surface area contributed by atoms with Crippen LogP contribution in [0.5, 0.6) is 0 Å². The van der Waals surface area contributed by atoms with Crippen molar-refractivity contribution in [2.45, 2.75) is 31.7 Å². The summed E-state index contributed by atoms with van der Waals surface area (Å²) >= 11 is 6.05. The molecule has 1 fully saturated rings. The van der Waals surface area contributed by atoms with Crippen LogP contribution in [-0.4, -0.2) is 37.2 Å². The highest BCUT2D eigenvalue weighted by atomic mass is 35.5. The molecule has 2 rings (SSSR count). The van der Waals surface area contributed by atoms with Crippen LogP contribution in [0.3, 0.4) is 0 Å². The molecule has 2 nitrogen and oxygen atoms in total. The van der Waals surface area contributed by atoms with Gasteiger partial charge in [-0.15, -0.1) is 0 Å². The molecule has 130 valence electrons. The molecular formula is C21H28ClNO. The molecule has 1 unspecified atom stereocenters. The fraction of sp³-hybridized carbons (Fsp3) is 0.429. The zero-order valence-corrected chi connectivity index (χ0v) is 15.6. The Morgan fingerprint density at radius 1 is 1.25 bits per heavy atom. The van der Waals surface area contributed by atoms with E-state index in [0.29, 0.717) is 6.04 Å². The summed E-state index contributed by atoms with van der Waals surface area (Å²) in [5, 5.41) is 0.776. The van der Waals surface area contributed by atoms with Crippen LogP contribution < -0.4 is 0 Å². The first-order chi connectivity index (χ1) is 11.5. The summed E-state index contributed by atoms with van der Waals surface area (Å²) in [5.74, 6) is 0. The smallest absolute Gasteiger partial charge is 0.0594 e. The molecular weight excluding hydrogens is 318 g/mol. The number of halogens is 1. The third-order valence-corrected chi connectivity index (χ3v) is 5.00. The highest BCUT2D eigenvalue weighted by Gasteiger charge is 2.31. The maximum atomic E-state index is 6.05. The van der Waals surface area contributed by atoms with Gasteiger partial charge in [0.2, 0.25) is 0 Å². The third-order valence-electron chi connectivity index (χ3n) is 4.75. The highest BCUT2D eigenvalue weighted by Crippen LogP contribution is 2.33. The summed E-state index contributed by atoms with van der Waals surface area (Å²) in [6, 6.07) is 8.50. The summed E-state index contributed by atoms with van der Waals surface area (Å²) in [6.45, 7) is 15.9.